The molecule has 1 rings (SSSR count). The predicted octanol–water partition coefficient (Wildman–Crippen LogP) is 0.770. The average Bonchev–Trinajstić information content (AvgIpc) is 2.66. The van der Waals surface area contributed by atoms with Gasteiger partial charge < -0.3 is 5.32 Å². The minimum absolute atomic E-state index is 0.138. The van der Waals surface area contributed by atoms with Gasteiger partial charge >= 0.3 is 0 Å². The third-order valence-electron chi connectivity index (χ3n) is 3.34. The lowest BCUT2D eigenvalue weighted by Crippen LogP contribution is -2.30. The summed E-state index contributed by atoms with van der Waals surface area (Å²) in [6, 6.07) is 0. The molecule has 1 aliphatic heterocycles. The van der Waals surface area contributed by atoms with Crippen LogP contribution < -0.4 is 5.32 Å². The zero-order valence-electron chi connectivity index (χ0n) is 10.1. The van der Waals surface area contributed by atoms with Crippen molar-refractivity contribution in [1.29, 1.82) is 0 Å². The monoisotopic (exact) mass is 247 g/mol. The fraction of sp³-hybridized carbons (Fsp3) is 0.909. The number of nitrogens with one attached hydrogen (secondary N) is 1. The van der Waals surface area contributed by atoms with Gasteiger partial charge in [-0.05, 0) is 19.4 Å². The molecule has 0 aliphatic carbocycles. The topological polar surface area (TPSA) is 63.2 Å². The number of hydrogen-bond donors (Lipinski definition) is 1. The Balaban J connectivity index is 2.36. The van der Waals surface area contributed by atoms with Crippen molar-refractivity contribution >= 4 is 15.6 Å². The van der Waals surface area contributed by atoms with Crippen LogP contribution in [-0.2, 0) is 14.6 Å². The van der Waals surface area contributed by atoms with Crippen molar-refractivity contribution in [2.75, 3.05) is 24.6 Å². The maximum absolute atomic E-state index is 11.9. The largest absolute Gasteiger partial charge is 0.316 e. The van der Waals surface area contributed by atoms with Gasteiger partial charge in [0.2, 0.25) is 0 Å². The van der Waals surface area contributed by atoms with Gasteiger partial charge in [-0.2, -0.15) is 0 Å². The van der Waals surface area contributed by atoms with Crippen LogP contribution in [-0.4, -0.2) is 38.8 Å². The standard InChI is InChI=1S/C11H21NO3S/c1-3-16(14,15)8-4-5-10(13)11(2)6-7-12-9-11/h12H,3-9H2,1-2H3. The van der Waals surface area contributed by atoms with Crippen LogP contribution in [0.25, 0.3) is 0 Å². The Morgan fingerprint density at radius 2 is 2.12 bits per heavy atom. The molecule has 1 atom stereocenters. The molecule has 94 valence electrons. The molecule has 1 N–H and O–H groups in total. The highest BCUT2D eigenvalue weighted by molar-refractivity contribution is 7.91. The highest BCUT2D eigenvalue weighted by Crippen LogP contribution is 2.27. The van der Waals surface area contributed by atoms with Crippen LogP contribution in [0.2, 0.25) is 0 Å². The van der Waals surface area contributed by atoms with E-state index in [9.17, 15) is 13.2 Å². The molecule has 0 amide bonds. The van der Waals surface area contributed by atoms with Gasteiger partial charge in [-0.3, -0.25) is 4.79 Å². The smallest absolute Gasteiger partial charge is 0.150 e. The van der Waals surface area contributed by atoms with Crippen molar-refractivity contribution in [2.45, 2.75) is 33.1 Å². The second-order valence-electron chi connectivity index (χ2n) is 4.75. The van der Waals surface area contributed by atoms with Gasteiger partial charge in [-0.25, -0.2) is 8.42 Å². The molecule has 1 unspecified atom stereocenters. The lowest BCUT2D eigenvalue weighted by molar-refractivity contribution is -0.127. The van der Waals surface area contributed by atoms with E-state index in [0.29, 0.717) is 12.8 Å². The Kier molecular flexibility index (Phi) is 4.50. The number of carbonyl (C=O) groups excluding carboxylic acids is 1. The molecule has 4 nitrogen and oxygen atoms in total. The highest BCUT2D eigenvalue weighted by atomic mass is 32.2. The molecule has 1 aliphatic rings. The van der Waals surface area contributed by atoms with Crippen molar-refractivity contribution in [1.82, 2.24) is 5.32 Å². The third-order valence-corrected chi connectivity index (χ3v) is 5.13. The van der Waals surface area contributed by atoms with Gasteiger partial charge in [-0.1, -0.05) is 13.8 Å². The summed E-state index contributed by atoms with van der Waals surface area (Å²) < 4.78 is 22.5. The van der Waals surface area contributed by atoms with Gasteiger partial charge in [0, 0.05) is 24.1 Å². The van der Waals surface area contributed by atoms with Crippen LogP contribution >= 0.6 is 0 Å². The Hall–Kier alpha value is -0.420. The van der Waals surface area contributed by atoms with Crippen LogP contribution in [0.15, 0.2) is 0 Å². The molecular formula is C11H21NO3S. The SMILES string of the molecule is CCS(=O)(=O)CCCC(=O)C1(C)CCNC1. The lowest BCUT2D eigenvalue weighted by atomic mass is 9.83. The first-order chi connectivity index (χ1) is 7.40. The Morgan fingerprint density at radius 3 is 2.62 bits per heavy atom. The van der Waals surface area contributed by atoms with E-state index >= 15 is 0 Å². The predicted molar refractivity (Wildman–Crippen MR) is 64.2 cm³/mol. The lowest BCUT2D eigenvalue weighted by Gasteiger charge is -2.20. The summed E-state index contributed by atoms with van der Waals surface area (Å²) in [5.41, 5.74) is -0.268. The van der Waals surface area contributed by atoms with Gasteiger partial charge in [0.1, 0.15) is 15.6 Å². The molecule has 0 aromatic carbocycles. The number of carbonyl (C=O) groups is 1. The van der Waals surface area contributed by atoms with Crippen LogP contribution in [0, 0.1) is 5.41 Å². The van der Waals surface area contributed by atoms with Gasteiger partial charge in [-0.15, -0.1) is 0 Å². The van der Waals surface area contributed by atoms with E-state index in [-0.39, 0.29) is 22.7 Å². The molecule has 16 heavy (non-hydrogen) atoms. The highest BCUT2D eigenvalue weighted by Gasteiger charge is 2.35. The minimum atomic E-state index is -2.93. The van der Waals surface area contributed by atoms with Crippen molar-refractivity contribution in [2.24, 2.45) is 5.41 Å². The molecular weight excluding hydrogens is 226 g/mol. The quantitative estimate of drug-likeness (QED) is 0.753. The number of sulfone groups is 1. The van der Waals surface area contributed by atoms with Crippen LogP contribution in [0.5, 0.6) is 0 Å². The van der Waals surface area contributed by atoms with Crippen molar-refractivity contribution in [3.05, 3.63) is 0 Å². The molecule has 0 aromatic heterocycles. The van der Waals surface area contributed by atoms with Crippen LogP contribution in [0.1, 0.15) is 33.1 Å². The number of hydrogen-bond acceptors (Lipinski definition) is 4. The summed E-state index contributed by atoms with van der Waals surface area (Å²) >= 11 is 0. The van der Waals surface area contributed by atoms with Crippen molar-refractivity contribution < 1.29 is 13.2 Å². The van der Waals surface area contributed by atoms with Gasteiger partial charge in [0.25, 0.3) is 0 Å². The van der Waals surface area contributed by atoms with E-state index in [2.05, 4.69) is 5.32 Å². The summed E-state index contributed by atoms with van der Waals surface area (Å²) in [6.07, 6.45) is 1.72. The molecule has 0 aromatic rings. The van der Waals surface area contributed by atoms with E-state index in [4.69, 9.17) is 0 Å². The number of Topliss-reactive ketones (excluding diaryl/α,β-unsaturated/α-hetero) is 1. The molecule has 1 heterocycles. The van der Waals surface area contributed by atoms with E-state index in [0.717, 1.165) is 19.5 Å². The van der Waals surface area contributed by atoms with E-state index in [1.54, 1.807) is 6.92 Å². The third kappa shape index (κ3) is 3.56. The van der Waals surface area contributed by atoms with Gasteiger partial charge in [0.05, 0.1) is 5.75 Å². The van der Waals surface area contributed by atoms with Gasteiger partial charge in [0.15, 0.2) is 0 Å². The Labute approximate surface area is 97.7 Å². The number of rotatable bonds is 6. The fourth-order valence-electron chi connectivity index (χ4n) is 1.95. The molecule has 0 spiro atoms. The second-order valence-corrected chi connectivity index (χ2v) is 7.22. The zero-order valence-corrected chi connectivity index (χ0v) is 10.9. The fourth-order valence-corrected chi connectivity index (χ4v) is 2.83. The maximum atomic E-state index is 11.9. The summed E-state index contributed by atoms with van der Waals surface area (Å²) in [5.74, 6) is 0.502. The summed E-state index contributed by atoms with van der Waals surface area (Å²) in [4.78, 5) is 11.9. The molecule has 1 saturated heterocycles. The molecule has 0 saturated carbocycles. The van der Waals surface area contributed by atoms with Crippen LogP contribution in [0.4, 0.5) is 0 Å². The van der Waals surface area contributed by atoms with Crippen molar-refractivity contribution in [3.63, 3.8) is 0 Å². The van der Waals surface area contributed by atoms with E-state index < -0.39 is 9.84 Å². The molecule has 0 bridgehead atoms. The molecule has 1 fully saturated rings. The summed E-state index contributed by atoms with van der Waals surface area (Å²) in [6.45, 7) is 5.21. The number of ketones is 1. The van der Waals surface area contributed by atoms with E-state index in [1.807, 2.05) is 6.92 Å². The Bertz CT molecular complexity index is 342. The molecule has 5 heteroatoms. The first kappa shape index (κ1) is 13.6. The first-order valence-corrected chi connectivity index (χ1v) is 7.66. The normalized spacial score (nSPS) is 25.9. The second kappa shape index (κ2) is 5.27. The Morgan fingerprint density at radius 1 is 1.44 bits per heavy atom. The van der Waals surface area contributed by atoms with E-state index in [1.165, 1.54) is 0 Å². The maximum Gasteiger partial charge on any atom is 0.150 e. The zero-order chi connectivity index (χ0) is 12.2. The first-order valence-electron chi connectivity index (χ1n) is 5.84. The minimum Gasteiger partial charge on any atom is -0.316 e. The summed E-state index contributed by atoms with van der Waals surface area (Å²) in [5, 5.41) is 3.17. The molecule has 0 radical (unpaired) electrons. The van der Waals surface area contributed by atoms with Crippen LogP contribution in [0.3, 0.4) is 0 Å². The van der Waals surface area contributed by atoms with Crippen molar-refractivity contribution in [3.8, 4) is 0 Å². The average molecular weight is 247 g/mol. The summed E-state index contributed by atoms with van der Waals surface area (Å²) in [7, 11) is -2.93.